The van der Waals surface area contributed by atoms with Crippen molar-refractivity contribution in [2.75, 3.05) is 13.1 Å². The highest BCUT2D eigenvalue weighted by Crippen LogP contribution is 2.64. The minimum absolute atomic E-state index is 0.00980. The highest BCUT2D eigenvalue weighted by molar-refractivity contribution is 6.13. The first-order valence-electron chi connectivity index (χ1n) is 16.8. The van der Waals surface area contributed by atoms with Gasteiger partial charge in [-0.3, -0.25) is 38.9 Å². The number of hydrogen-bond donors (Lipinski definition) is 1. The predicted molar refractivity (Wildman–Crippen MR) is 191 cm³/mol. The number of aromatic nitrogens is 2. The van der Waals surface area contributed by atoms with Crippen LogP contribution in [-0.2, 0) is 37.4 Å². The van der Waals surface area contributed by atoms with Gasteiger partial charge in [0.1, 0.15) is 0 Å². The standard InChI is InChI=1S/C20H20N2O2.C13H13NO2.C7H9N3/c1-20(15-10-5-11-21-13-15)16-17(20)19(24)22(18(16)23)12-6-9-14-7-3-2-4-8-14;15-12-8-9-13(16)14(12)10-4-7-11-5-2-1-3-6-11;1-6(10-8)7-3-2-4-9-5-7/h2-5,7-8,10-11,13,16-17H,6,9,12H2,1H3;1-3,5-6,8-9H,4,7,10H2;2-5H,8H2,1H3. The number of aryl methyl sites for hydroxylation is 2. The van der Waals surface area contributed by atoms with E-state index in [2.05, 4.69) is 27.2 Å². The number of pyridine rings is 2. The van der Waals surface area contributed by atoms with E-state index >= 15 is 0 Å². The van der Waals surface area contributed by atoms with Gasteiger partial charge in [-0.25, -0.2) is 0 Å². The van der Waals surface area contributed by atoms with E-state index in [-0.39, 0.29) is 40.9 Å². The molecule has 10 heteroatoms. The SMILES string of the molecule is CC(=NN)c1cccnc1.CC1(c2cccnc2)C2C(=O)N(CCCc3ccccc3)C(=O)C21.O=C1C=CC(=O)N1CCCc1ccccc1. The minimum Gasteiger partial charge on any atom is -0.323 e. The van der Waals surface area contributed by atoms with Crippen LogP contribution in [0.4, 0.5) is 0 Å². The lowest BCUT2D eigenvalue weighted by molar-refractivity contribution is -0.142. The third-order valence-electron chi connectivity index (χ3n) is 9.42. The molecule has 2 unspecified atom stereocenters. The highest BCUT2D eigenvalue weighted by atomic mass is 16.2. The Morgan fingerprint density at radius 1 is 0.700 bits per heavy atom. The van der Waals surface area contributed by atoms with Gasteiger partial charge in [-0.15, -0.1) is 0 Å². The molecule has 2 aliphatic heterocycles. The average Bonchev–Trinajstić information content (AvgIpc) is 3.56. The van der Waals surface area contributed by atoms with Crippen molar-refractivity contribution in [3.05, 3.63) is 144 Å². The molecule has 4 amide bonds. The Morgan fingerprint density at radius 2 is 1.20 bits per heavy atom. The number of likely N-dealkylation sites (tertiary alicyclic amines) is 1. The van der Waals surface area contributed by atoms with Gasteiger partial charge in [0, 0.05) is 61.0 Å². The summed E-state index contributed by atoms with van der Waals surface area (Å²) in [6.07, 6.45) is 13.0. The largest absolute Gasteiger partial charge is 0.323 e. The zero-order valence-electron chi connectivity index (χ0n) is 28.4. The smallest absolute Gasteiger partial charge is 0.253 e. The van der Waals surface area contributed by atoms with Crippen molar-refractivity contribution in [3.63, 3.8) is 0 Å². The van der Waals surface area contributed by atoms with Crippen molar-refractivity contribution >= 4 is 29.3 Å². The summed E-state index contributed by atoms with van der Waals surface area (Å²) in [6, 6.07) is 27.8. The molecule has 4 heterocycles. The molecule has 1 saturated heterocycles. The van der Waals surface area contributed by atoms with Crippen molar-refractivity contribution in [2.45, 2.75) is 44.9 Å². The van der Waals surface area contributed by atoms with E-state index in [1.165, 1.54) is 33.1 Å². The van der Waals surface area contributed by atoms with Crippen LogP contribution < -0.4 is 5.84 Å². The first-order chi connectivity index (χ1) is 24.3. The number of rotatable bonds is 10. The van der Waals surface area contributed by atoms with Crippen molar-refractivity contribution < 1.29 is 19.2 Å². The van der Waals surface area contributed by atoms with Crippen LogP contribution in [0, 0.1) is 11.8 Å². The summed E-state index contributed by atoms with van der Waals surface area (Å²) in [5.41, 5.74) is 4.86. The molecule has 2 fully saturated rings. The fraction of sp³-hybridized carbons (Fsp3) is 0.275. The normalized spacial score (nSPS) is 20.6. The lowest BCUT2D eigenvalue weighted by atomic mass is 9.93. The van der Waals surface area contributed by atoms with Gasteiger partial charge in [0.25, 0.3) is 11.8 Å². The number of hydrazone groups is 1. The van der Waals surface area contributed by atoms with Gasteiger partial charge in [-0.05, 0) is 61.4 Å². The molecule has 4 aromatic rings. The summed E-state index contributed by atoms with van der Waals surface area (Å²) in [7, 11) is 0. The van der Waals surface area contributed by atoms with Crippen molar-refractivity contribution in [3.8, 4) is 0 Å². The van der Waals surface area contributed by atoms with Crippen molar-refractivity contribution in [1.29, 1.82) is 0 Å². The van der Waals surface area contributed by atoms with Crippen LogP contribution in [-0.4, -0.2) is 62.2 Å². The first-order valence-corrected chi connectivity index (χ1v) is 16.8. The zero-order valence-corrected chi connectivity index (χ0v) is 28.4. The summed E-state index contributed by atoms with van der Waals surface area (Å²) >= 11 is 0. The molecule has 2 atom stereocenters. The van der Waals surface area contributed by atoms with Crippen molar-refractivity contribution in [2.24, 2.45) is 22.8 Å². The van der Waals surface area contributed by atoms with Gasteiger partial charge in [-0.2, -0.15) is 5.10 Å². The third-order valence-corrected chi connectivity index (χ3v) is 9.42. The number of carbonyl (C=O) groups is 4. The van der Waals surface area contributed by atoms with Gasteiger partial charge < -0.3 is 5.84 Å². The van der Waals surface area contributed by atoms with Crippen LogP contribution in [0.15, 0.2) is 127 Å². The average molecular weight is 671 g/mol. The molecule has 256 valence electrons. The maximum atomic E-state index is 12.7. The Balaban J connectivity index is 0.000000161. The van der Waals surface area contributed by atoms with E-state index in [0.717, 1.165) is 42.5 Å². The predicted octanol–water partition coefficient (Wildman–Crippen LogP) is 4.90. The second-order valence-corrected chi connectivity index (χ2v) is 12.6. The van der Waals surface area contributed by atoms with Crippen LogP contribution in [0.1, 0.15) is 48.9 Å². The third kappa shape index (κ3) is 8.26. The van der Waals surface area contributed by atoms with Crippen LogP contribution in [0.5, 0.6) is 0 Å². The van der Waals surface area contributed by atoms with Crippen molar-refractivity contribution in [1.82, 2.24) is 19.8 Å². The van der Waals surface area contributed by atoms with Gasteiger partial charge in [0.05, 0.1) is 17.5 Å². The number of carbonyl (C=O) groups excluding carboxylic acids is 4. The van der Waals surface area contributed by atoms with E-state index in [9.17, 15) is 19.2 Å². The quantitative estimate of drug-likeness (QED) is 0.110. The Hall–Kier alpha value is -5.77. The highest BCUT2D eigenvalue weighted by Gasteiger charge is 2.75. The fourth-order valence-electron chi connectivity index (χ4n) is 6.49. The fourth-order valence-corrected chi connectivity index (χ4v) is 6.49. The molecule has 2 aromatic carbocycles. The Labute approximate surface area is 292 Å². The Kier molecular flexibility index (Phi) is 11.8. The van der Waals surface area contributed by atoms with Gasteiger partial charge >= 0.3 is 0 Å². The van der Waals surface area contributed by atoms with Gasteiger partial charge in [-0.1, -0.05) is 79.7 Å². The lowest BCUT2D eigenvalue weighted by Gasteiger charge is -2.22. The van der Waals surface area contributed by atoms with Crippen LogP contribution in [0.3, 0.4) is 0 Å². The lowest BCUT2D eigenvalue weighted by Crippen LogP contribution is -2.38. The summed E-state index contributed by atoms with van der Waals surface area (Å²) in [4.78, 5) is 58.6. The Morgan fingerprint density at radius 3 is 1.66 bits per heavy atom. The number of nitrogens with two attached hydrogens (primary N) is 1. The van der Waals surface area contributed by atoms with E-state index < -0.39 is 0 Å². The van der Waals surface area contributed by atoms with Crippen LogP contribution in [0.25, 0.3) is 0 Å². The number of fused-ring (bicyclic) bond motifs is 1. The molecule has 0 bridgehead atoms. The molecule has 2 aromatic heterocycles. The molecular formula is C40H42N6O4. The second kappa shape index (κ2) is 16.6. The molecule has 0 radical (unpaired) electrons. The summed E-state index contributed by atoms with van der Waals surface area (Å²) in [5.74, 6) is 4.25. The molecule has 1 saturated carbocycles. The molecule has 1 aliphatic carbocycles. The maximum absolute atomic E-state index is 12.7. The van der Waals surface area contributed by atoms with E-state index in [1.807, 2.05) is 86.6 Å². The second-order valence-electron chi connectivity index (χ2n) is 12.6. The monoisotopic (exact) mass is 670 g/mol. The summed E-state index contributed by atoms with van der Waals surface area (Å²) < 4.78 is 0. The summed E-state index contributed by atoms with van der Waals surface area (Å²) in [6.45, 7) is 4.87. The van der Waals surface area contributed by atoms with E-state index in [4.69, 9.17) is 5.84 Å². The van der Waals surface area contributed by atoms with Crippen LogP contribution in [0.2, 0.25) is 0 Å². The minimum atomic E-state index is -0.363. The molecule has 50 heavy (non-hydrogen) atoms. The molecular weight excluding hydrogens is 628 g/mol. The number of benzene rings is 2. The molecule has 0 spiro atoms. The molecule has 10 nitrogen and oxygen atoms in total. The topological polar surface area (TPSA) is 139 Å². The summed E-state index contributed by atoms with van der Waals surface area (Å²) in [5, 5.41) is 3.54. The number of imide groups is 2. The first kappa shape index (κ1) is 35.5. The van der Waals surface area contributed by atoms with E-state index in [1.54, 1.807) is 24.8 Å². The Bertz CT molecular complexity index is 1790. The molecule has 3 aliphatic rings. The maximum Gasteiger partial charge on any atom is 0.253 e. The van der Waals surface area contributed by atoms with Crippen LogP contribution >= 0.6 is 0 Å². The zero-order chi connectivity index (χ0) is 35.5. The van der Waals surface area contributed by atoms with Gasteiger partial charge in [0.2, 0.25) is 11.8 Å². The number of piperidine rings is 1. The molecule has 7 rings (SSSR count). The number of hydrogen-bond acceptors (Lipinski definition) is 8. The molecule has 2 N–H and O–H groups in total. The number of amides is 4. The van der Waals surface area contributed by atoms with Gasteiger partial charge in [0.15, 0.2) is 0 Å². The number of nitrogens with zero attached hydrogens (tertiary/aromatic N) is 5. The van der Waals surface area contributed by atoms with E-state index in [0.29, 0.717) is 13.1 Å².